The fourth-order valence-corrected chi connectivity index (χ4v) is 4.88. The van der Waals surface area contributed by atoms with Crippen LogP contribution in [0.3, 0.4) is 0 Å². The van der Waals surface area contributed by atoms with Crippen molar-refractivity contribution >= 4 is 0 Å². The van der Waals surface area contributed by atoms with Gasteiger partial charge in [0.25, 0.3) is 0 Å². The van der Waals surface area contributed by atoms with E-state index in [0.717, 1.165) is 30.0 Å². The summed E-state index contributed by atoms with van der Waals surface area (Å²) in [5, 5.41) is 4.13. The highest BCUT2D eigenvalue weighted by atomic mass is 15.2. The first kappa shape index (κ1) is 14.8. The van der Waals surface area contributed by atoms with Gasteiger partial charge in [0.1, 0.15) is 0 Å². The van der Waals surface area contributed by atoms with Gasteiger partial charge in [0.2, 0.25) is 0 Å². The maximum absolute atomic E-state index is 4.13. The molecule has 0 aromatic heterocycles. The second-order valence-corrected chi connectivity index (χ2v) is 7.88. The molecule has 3 aliphatic rings. The van der Waals surface area contributed by atoms with Crippen LogP contribution < -0.4 is 5.32 Å². The van der Waals surface area contributed by atoms with Crippen LogP contribution in [0.25, 0.3) is 0 Å². The third-order valence-electron chi connectivity index (χ3n) is 6.12. The summed E-state index contributed by atoms with van der Waals surface area (Å²) in [7, 11) is 0. The van der Waals surface area contributed by atoms with Gasteiger partial charge in [-0.2, -0.15) is 0 Å². The lowest BCUT2D eigenvalue weighted by atomic mass is 9.72. The van der Waals surface area contributed by atoms with Crippen LogP contribution in [0.1, 0.15) is 71.6 Å². The lowest BCUT2D eigenvalue weighted by Gasteiger charge is -2.50. The molecule has 3 fully saturated rings. The lowest BCUT2D eigenvalue weighted by Crippen LogP contribution is -2.59. The van der Waals surface area contributed by atoms with Crippen LogP contribution in [0, 0.1) is 11.8 Å². The molecule has 2 atom stereocenters. The molecule has 2 bridgehead atoms. The Kier molecular flexibility index (Phi) is 5.04. The predicted molar refractivity (Wildman–Crippen MR) is 86.0 cm³/mol. The van der Waals surface area contributed by atoms with E-state index in [4.69, 9.17) is 0 Å². The smallest absolute Gasteiger partial charge is 0.0151 e. The Hall–Kier alpha value is -0.0800. The number of fused-ring (bicyclic) bond motifs is 2. The Morgan fingerprint density at radius 3 is 1.95 bits per heavy atom. The summed E-state index contributed by atoms with van der Waals surface area (Å²) in [6.07, 6.45) is 13.1. The highest BCUT2D eigenvalue weighted by Gasteiger charge is 2.40. The molecule has 0 aromatic rings. The average Bonchev–Trinajstić information content (AvgIpc) is 2.66. The molecule has 2 aliphatic carbocycles. The number of nitrogens with zero attached hydrogens (tertiary/aromatic N) is 1. The molecular formula is C18H34N2. The van der Waals surface area contributed by atoms with E-state index in [2.05, 4.69) is 24.1 Å². The molecule has 2 saturated carbocycles. The molecule has 3 rings (SSSR count). The Labute approximate surface area is 125 Å². The Morgan fingerprint density at radius 1 is 0.800 bits per heavy atom. The number of hydrogen-bond acceptors (Lipinski definition) is 2. The molecule has 2 unspecified atom stereocenters. The van der Waals surface area contributed by atoms with Crippen molar-refractivity contribution in [2.24, 2.45) is 11.8 Å². The predicted octanol–water partition coefficient (Wildman–Crippen LogP) is 3.81. The molecule has 0 aromatic carbocycles. The molecule has 0 amide bonds. The molecule has 20 heavy (non-hydrogen) atoms. The third kappa shape index (κ3) is 3.39. The first-order valence-electron chi connectivity index (χ1n) is 9.24. The molecule has 1 heterocycles. The summed E-state index contributed by atoms with van der Waals surface area (Å²) < 4.78 is 0. The van der Waals surface area contributed by atoms with Crippen molar-refractivity contribution in [1.29, 1.82) is 0 Å². The van der Waals surface area contributed by atoms with Gasteiger partial charge in [-0.15, -0.1) is 0 Å². The van der Waals surface area contributed by atoms with Crippen LogP contribution in [0.15, 0.2) is 0 Å². The summed E-state index contributed by atoms with van der Waals surface area (Å²) in [5.74, 6) is 1.85. The summed E-state index contributed by atoms with van der Waals surface area (Å²) in [6.45, 7) is 7.43. The van der Waals surface area contributed by atoms with Gasteiger partial charge in [0, 0.05) is 31.2 Å². The molecule has 1 N–H and O–H groups in total. The van der Waals surface area contributed by atoms with E-state index in [1.54, 1.807) is 0 Å². The van der Waals surface area contributed by atoms with E-state index >= 15 is 0 Å². The minimum Gasteiger partial charge on any atom is -0.311 e. The minimum absolute atomic E-state index is 0.733. The summed E-state index contributed by atoms with van der Waals surface area (Å²) in [6, 6.07) is 2.40. The molecule has 0 radical (unpaired) electrons. The van der Waals surface area contributed by atoms with Crippen molar-refractivity contribution in [3.63, 3.8) is 0 Å². The zero-order valence-corrected chi connectivity index (χ0v) is 13.6. The quantitative estimate of drug-likeness (QED) is 0.790. The molecule has 2 nitrogen and oxygen atoms in total. The normalized spacial score (nSPS) is 37.0. The molecule has 1 aliphatic heterocycles. The van der Waals surface area contributed by atoms with E-state index in [1.165, 1.54) is 70.9 Å². The maximum atomic E-state index is 4.13. The van der Waals surface area contributed by atoms with Crippen LogP contribution in [0.4, 0.5) is 0 Å². The lowest BCUT2D eigenvalue weighted by molar-refractivity contribution is 0.0241. The topological polar surface area (TPSA) is 15.3 Å². The van der Waals surface area contributed by atoms with Crippen LogP contribution in [0.5, 0.6) is 0 Å². The number of piperidine rings is 1. The first-order valence-corrected chi connectivity index (χ1v) is 9.24. The Bertz CT molecular complexity index is 280. The van der Waals surface area contributed by atoms with Gasteiger partial charge in [-0.3, -0.25) is 0 Å². The fraction of sp³-hybridized carbons (Fsp3) is 1.00. The zero-order valence-electron chi connectivity index (χ0n) is 13.6. The summed E-state index contributed by atoms with van der Waals surface area (Å²) >= 11 is 0. The van der Waals surface area contributed by atoms with Gasteiger partial charge in [0.05, 0.1) is 0 Å². The zero-order chi connectivity index (χ0) is 13.9. The molecule has 2 heteroatoms. The van der Waals surface area contributed by atoms with E-state index in [9.17, 15) is 0 Å². The van der Waals surface area contributed by atoms with Gasteiger partial charge < -0.3 is 10.2 Å². The van der Waals surface area contributed by atoms with Crippen molar-refractivity contribution in [2.45, 2.75) is 89.8 Å². The molecular weight excluding hydrogens is 244 g/mol. The number of nitrogens with one attached hydrogen (secondary N) is 1. The Balaban J connectivity index is 1.61. The van der Waals surface area contributed by atoms with Crippen LogP contribution >= 0.6 is 0 Å². The second-order valence-electron chi connectivity index (χ2n) is 7.88. The van der Waals surface area contributed by atoms with Gasteiger partial charge in [0.15, 0.2) is 0 Å². The van der Waals surface area contributed by atoms with Crippen LogP contribution in [-0.2, 0) is 0 Å². The van der Waals surface area contributed by atoms with E-state index < -0.39 is 0 Å². The second kappa shape index (κ2) is 6.79. The summed E-state index contributed by atoms with van der Waals surface area (Å²) in [5.41, 5.74) is 0. The van der Waals surface area contributed by atoms with Gasteiger partial charge in [-0.25, -0.2) is 0 Å². The SMILES string of the molecule is CC(C)N1CC2CCCC(C1)C2NC1CCCCCC1. The first-order chi connectivity index (χ1) is 9.74. The van der Waals surface area contributed by atoms with Gasteiger partial charge in [-0.05, 0) is 51.4 Å². The summed E-state index contributed by atoms with van der Waals surface area (Å²) in [4.78, 5) is 2.74. The molecule has 116 valence electrons. The van der Waals surface area contributed by atoms with E-state index in [0.29, 0.717) is 0 Å². The molecule has 0 spiro atoms. The van der Waals surface area contributed by atoms with E-state index in [-0.39, 0.29) is 0 Å². The van der Waals surface area contributed by atoms with Gasteiger partial charge >= 0.3 is 0 Å². The highest BCUT2D eigenvalue weighted by molar-refractivity contribution is 4.96. The van der Waals surface area contributed by atoms with E-state index in [1.807, 2.05) is 0 Å². The van der Waals surface area contributed by atoms with Crippen molar-refractivity contribution in [2.75, 3.05) is 13.1 Å². The highest BCUT2D eigenvalue weighted by Crippen LogP contribution is 2.36. The van der Waals surface area contributed by atoms with Crippen molar-refractivity contribution in [1.82, 2.24) is 10.2 Å². The van der Waals surface area contributed by atoms with Crippen molar-refractivity contribution < 1.29 is 0 Å². The standard InChI is InChI=1S/C18H34N2/c1-14(2)20-12-15-8-7-9-16(13-20)18(15)19-17-10-5-3-4-6-11-17/h14-19H,3-13H2,1-2H3. The number of likely N-dealkylation sites (tertiary alicyclic amines) is 1. The number of hydrogen-bond donors (Lipinski definition) is 1. The van der Waals surface area contributed by atoms with Gasteiger partial charge in [-0.1, -0.05) is 32.1 Å². The van der Waals surface area contributed by atoms with Crippen molar-refractivity contribution in [3.05, 3.63) is 0 Å². The van der Waals surface area contributed by atoms with Crippen LogP contribution in [0.2, 0.25) is 0 Å². The fourth-order valence-electron chi connectivity index (χ4n) is 4.88. The third-order valence-corrected chi connectivity index (χ3v) is 6.12. The van der Waals surface area contributed by atoms with Crippen LogP contribution in [-0.4, -0.2) is 36.1 Å². The molecule has 1 saturated heterocycles. The number of rotatable bonds is 3. The average molecular weight is 278 g/mol. The monoisotopic (exact) mass is 278 g/mol. The van der Waals surface area contributed by atoms with Crippen molar-refractivity contribution in [3.8, 4) is 0 Å². The maximum Gasteiger partial charge on any atom is 0.0151 e. The largest absolute Gasteiger partial charge is 0.311 e. The minimum atomic E-state index is 0.733. The Morgan fingerprint density at radius 2 is 1.40 bits per heavy atom.